The Morgan fingerprint density at radius 3 is 2.24 bits per heavy atom. The Balaban J connectivity index is 2.56. The Bertz CT molecular complexity index is 655. The van der Waals surface area contributed by atoms with E-state index in [1.807, 2.05) is 6.92 Å². The van der Waals surface area contributed by atoms with Crippen LogP contribution in [0.5, 0.6) is 0 Å². The fourth-order valence-corrected chi connectivity index (χ4v) is 2.32. The summed E-state index contributed by atoms with van der Waals surface area (Å²) in [4.78, 5) is 0. The summed E-state index contributed by atoms with van der Waals surface area (Å²) in [6, 6.07) is 5.49. The lowest BCUT2D eigenvalue weighted by Gasteiger charge is -2.21. The van der Waals surface area contributed by atoms with Gasteiger partial charge in [0.05, 0.1) is 6.04 Å². The van der Waals surface area contributed by atoms with Crippen LogP contribution in [0.4, 0.5) is 17.6 Å². The first-order valence-electron chi connectivity index (χ1n) is 6.58. The summed E-state index contributed by atoms with van der Waals surface area (Å²) in [5, 5.41) is 3.01. The van der Waals surface area contributed by atoms with Crippen molar-refractivity contribution in [3.05, 3.63) is 70.3 Å². The highest BCUT2D eigenvalue weighted by atomic mass is 19.2. The third-order valence-corrected chi connectivity index (χ3v) is 3.33. The summed E-state index contributed by atoms with van der Waals surface area (Å²) >= 11 is 0. The maximum absolute atomic E-state index is 14.0. The van der Waals surface area contributed by atoms with E-state index >= 15 is 0 Å². The molecule has 1 unspecified atom stereocenters. The van der Waals surface area contributed by atoms with Crippen molar-refractivity contribution in [3.63, 3.8) is 0 Å². The van der Waals surface area contributed by atoms with Gasteiger partial charge in [-0.15, -0.1) is 0 Å². The summed E-state index contributed by atoms with van der Waals surface area (Å²) in [5.74, 6) is -4.38. The van der Waals surface area contributed by atoms with E-state index < -0.39 is 29.3 Å². The number of aryl methyl sites for hydroxylation is 1. The van der Waals surface area contributed by atoms with Crippen LogP contribution in [0.15, 0.2) is 30.3 Å². The summed E-state index contributed by atoms with van der Waals surface area (Å²) in [5.41, 5.74) is 1.21. The van der Waals surface area contributed by atoms with E-state index in [0.717, 1.165) is 6.07 Å². The first-order chi connectivity index (χ1) is 9.95. The van der Waals surface area contributed by atoms with Crippen LogP contribution in [0.25, 0.3) is 0 Å². The second kappa shape index (κ2) is 6.26. The SMILES string of the molecule is CCNC(c1ccc(F)cc1C)c1ccc(F)c(F)c1F. The zero-order valence-corrected chi connectivity index (χ0v) is 11.7. The molecular formula is C16H15F4N. The van der Waals surface area contributed by atoms with Crippen LogP contribution in [-0.4, -0.2) is 6.54 Å². The van der Waals surface area contributed by atoms with Crippen molar-refractivity contribution in [2.75, 3.05) is 6.54 Å². The molecule has 0 aliphatic rings. The van der Waals surface area contributed by atoms with Gasteiger partial charge >= 0.3 is 0 Å². The molecule has 0 saturated heterocycles. The second-order valence-corrected chi connectivity index (χ2v) is 4.76. The van der Waals surface area contributed by atoms with E-state index in [9.17, 15) is 17.6 Å². The molecule has 1 N–H and O–H groups in total. The van der Waals surface area contributed by atoms with Crippen LogP contribution in [0.2, 0.25) is 0 Å². The molecule has 0 radical (unpaired) electrons. The fraction of sp³-hybridized carbons (Fsp3) is 0.250. The minimum absolute atomic E-state index is 0.00884. The Labute approximate surface area is 120 Å². The van der Waals surface area contributed by atoms with Crippen molar-refractivity contribution in [2.45, 2.75) is 19.9 Å². The van der Waals surface area contributed by atoms with Crippen molar-refractivity contribution < 1.29 is 17.6 Å². The van der Waals surface area contributed by atoms with Gasteiger partial charge in [0.25, 0.3) is 0 Å². The van der Waals surface area contributed by atoms with E-state index in [-0.39, 0.29) is 5.56 Å². The monoisotopic (exact) mass is 297 g/mol. The molecule has 0 heterocycles. The van der Waals surface area contributed by atoms with Gasteiger partial charge in [0.15, 0.2) is 17.5 Å². The minimum atomic E-state index is -1.50. The van der Waals surface area contributed by atoms with Gasteiger partial charge in [-0.25, -0.2) is 17.6 Å². The number of benzene rings is 2. The van der Waals surface area contributed by atoms with Gasteiger partial charge in [-0.05, 0) is 42.8 Å². The zero-order valence-electron chi connectivity index (χ0n) is 11.7. The predicted octanol–water partition coefficient (Wildman–Crippen LogP) is 4.25. The Hall–Kier alpha value is -1.88. The van der Waals surface area contributed by atoms with Crippen LogP contribution >= 0.6 is 0 Å². The van der Waals surface area contributed by atoms with Crippen LogP contribution in [-0.2, 0) is 0 Å². The lowest BCUT2D eigenvalue weighted by Crippen LogP contribution is -2.24. The lowest BCUT2D eigenvalue weighted by molar-refractivity contribution is 0.433. The van der Waals surface area contributed by atoms with E-state index in [4.69, 9.17) is 0 Å². The standard InChI is InChI=1S/C16H15F4N/c1-3-21-16(11-5-4-10(17)8-9(11)2)12-6-7-13(18)15(20)14(12)19/h4-8,16,21H,3H2,1-2H3. The summed E-state index contributed by atoms with van der Waals surface area (Å²) < 4.78 is 53.7. The fourth-order valence-electron chi connectivity index (χ4n) is 2.32. The highest BCUT2D eigenvalue weighted by molar-refractivity contribution is 5.38. The topological polar surface area (TPSA) is 12.0 Å². The molecule has 21 heavy (non-hydrogen) atoms. The summed E-state index contributed by atoms with van der Waals surface area (Å²) in [6.45, 7) is 3.98. The van der Waals surface area contributed by atoms with Crippen molar-refractivity contribution in [1.29, 1.82) is 0 Å². The van der Waals surface area contributed by atoms with Crippen LogP contribution < -0.4 is 5.32 Å². The molecule has 1 nitrogen and oxygen atoms in total. The van der Waals surface area contributed by atoms with Crippen molar-refractivity contribution >= 4 is 0 Å². The van der Waals surface area contributed by atoms with Gasteiger partial charge in [0.1, 0.15) is 5.82 Å². The average molecular weight is 297 g/mol. The average Bonchev–Trinajstić information content (AvgIpc) is 2.44. The molecule has 2 rings (SSSR count). The van der Waals surface area contributed by atoms with Crippen LogP contribution in [0, 0.1) is 30.2 Å². The van der Waals surface area contributed by atoms with Gasteiger partial charge in [0, 0.05) is 5.56 Å². The normalized spacial score (nSPS) is 12.5. The van der Waals surface area contributed by atoms with Crippen LogP contribution in [0.3, 0.4) is 0 Å². The van der Waals surface area contributed by atoms with Gasteiger partial charge in [-0.2, -0.15) is 0 Å². The first kappa shape index (κ1) is 15.5. The minimum Gasteiger partial charge on any atom is -0.306 e. The molecule has 2 aromatic carbocycles. The van der Waals surface area contributed by atoms with E-state index in [0.29, 0.717) is 17.7 Å². The van der Waals surface area contributed by atoms with E-state index in [2.05, 4.69) is 5.32 Å². The molecule has 0 bridgehead atoms. The van der Waals surface area contributed by atoms with E-state index in [1.54, 1.807) is 6.92 Å². The molecule has 0 amide bonds. The number of halogens is 4. The quantitative estimate of drug-likeness (QED) is 0.657. The highest BCUT2D eigenvalue weighted by Crippen LogP contribution is 2.29. The molecule has 5 heteroatoms. The van der Waals surface area contributed by atoms with Crippen molar-refractivity contribution in [2.24, 2.45) is 0 Å². The number of hydrogen-bond acceptors (Lipinski definition) is 1. The Morgan fingerprint density at radius 1 is 0.952 bits per heavy atom. The largest absolute Gasteiger partial charge is 0.306 e. The Morgan fingerprint density at radius 2 is 1.62 bits per heavy atom. The second-order valence-electron chi connectivity index (χ2n) is 4.76. The molecule has 0 fully saturated rings. The predicted molar refractivity (Wildman–Crippen MR) is 73.0 cm³/mol. The third-order valence-electron chi connectivity index (χ3n) is 3.33. The number of hydrogen-bond donors (Lipinski definition) is 1. The molecule has 0 spiro atoms. The molecule has 2 aromatic rings. The first-order valence-corrected chi connectivity index (χ1v) is 6.58. The van der Waals surface area contributed by atoms with Gasteiger partial charge in [-0.1, -0.05) is 19.1 Å². The molecule has 0 aromatic heterocycles. The zero-order chi connectivity index (χ0) is 15.6. The van der Waals surface area contributed by atoms with E-state index in [1.165, 1.54) is 24.3 Å². The smallest absolute Gasteiger partial charge is 0.194 e. The molecule has 1 atom stereocenters. The molecule has 0 saturated carbocycles. The van der Waals surface area contributed by atoms with Gasteiger partial charge in [-0.3, -0.25) is 0 Å². The number of rotatable bonds is 4. The molecule has 112 valence electrons. The maximum atomic E-state index is 14.0. The lowest BCUT2D eigenvalue weighted by atomic mass is 9.94. The third kappa shape index (κ3) is 3.08. The van der Waals surface area contributed by atoms with Crippen molar-refractivity contribution in [3.8, 4) is 0 Å². The molecule has 0 aliphatic heterocycles. The summed E-state index contributed by atoms with van der Waals surface area (Å²) in [6.07, 6.45) is 0. The maximum Gasteiger partial charge on any atom is 0.194 e. The van der Waals surface area contributed by atoms with Crippen molar-refractivity contribution in [1.82, 2.24) is 5.32 Å². The van der Waals surface area contributed by atoms with Crippen LogP contribution in [0.1, 0.15) is 29.7 Å². The van der Waals surface area contributed by atoms with Gasteiger partial charge < -0.3 is 5.32 Å². The number of nitrogens with one attached hydrogen (secondary N) is 1. The molecular weight excluding hydrogens is 282 g/mol. The van der Waals surface area contributed by atoms with Gasteiger partial charge in [0.2, 0.25) is 0 Å². The molecule has 0 aliphatic carbocycles. The highest BCUT2D eigenvalue weighted by Gasteiger charge is 2.23. The Kier molecular flexibility index (Phi) is 4.63. The summed E-state index contributed by atoms with van der Waals surface area (Å²) in [7, 11) is 0.